The second-order valence-electron chi connectivity index (χ2n) is 4.43. The van der Waals surface area contributed by atoms with E-state index in [2.05, 4.69) is 20.7 Å². The second kappa shape index (κ2) is 6.58. The van der Waals surface area contributed by atoms with Crippen LogP contribution in [0.5, 0.6) is 0 Å². The van der Waals surface area contributed by atoms with Gasteiger partial charge in [-0.3, -0.25) is 4.21 Å². The molecule has 19 heavy (non-hydrogen) atoms. The van der Waals surface area contributed by atoms with E-state index < -0.39 is 10.8 Å². The van der Waals surface area contributed by atoms with Gasteiger partial charge in [-0.25, -0.2) is 0 Å². The summed E-state index contributed by atoms with van der Waals surface area (Å²) in [6, 6.07) is 9.93. The van der Waals surface area contributed by atoms with Crippen molar-refractivity contribution in [2.75, 3.05) is 12.8 Å². The lowest BCUT2D eigenvalue weighted by molar-refractivity contribution is 0.641. The maximum atomic E-state index is 11.3. The zero-order valence-electron chi connectivity index (χ0n) is 11.1. The van der Waals surface area contributed by atoms with Crippen molar-refractivity contribution in [3.05, 3.63) is 36.0 Å². The first-order valence-electron chi connectivity index (χ1n) is 6.16. The van der Waals surface area contributed by atoms with Gasteiger partial charge in [0.05, 0.1) is 0 Å². The van der Waals surface area contributed by atoms with E-state index in [4.69, 9.17) is 0 Å². The number of aromatic nitrogens is 3. The van der Waals surface area contributed by atoms with Gasteiger partial charge < -0.3 is 5.32 Å². The monoisotopic (exact) mass is 278 g/mol. The third kappa shape index (κ3) is 3.71. The molecule has 2 atom stereocenters. The number of nitrogens with one attached hydrogen (secondary N) is 2. The molecule has 6 heteroatoms. The van der Waals surface area contributed by atoms with Crippen molar-refractivity contribution in [1.29, 1.82) is 0 Å². The van der Waals surface area contributed by atoms with Crippen LogP contribution in [0.1, 0.15) is 12.6 Å². The van der Waals surface area contributed by atoms with E-state index in [-0.39, 0.29) is 5.25 Å². The Morgan fingerprint density at radius 1 is 1.32 bits per heavy atom. The zero-order valence-corrected chi connectivity index (χ0v) is 11.9. The van der Waals surface area contributed by atoms with Crippen molar-refractivity contribution < 1.29 is 4.21 Å². The van der Waals surface area contributed by atoms with Crippen LogP contribution in [0, 0.1) is 0 Å². The van der Waals surface area contributed by atoms with Crippen LogP contribution in [-0.4, -0.2) is 37.7 Å². The maximum absolute atomic E-state index is 11.3. The van der Waals surface area contributed by atoms with Gasteiger partial charge in [0, 0.05) is 41.0 Å². The highest BCUT2D eigenvalue weighted by Gasteiger charge is 2.11. The Morgan fingerprint density at radius 3 is 2.74 bits per heavy atom. The number of hydrogen-bond acceptors (Lipinski definition) is 4. The molecule has 0 aliphatic rings. The first kappa shape index (κ1) is 13.9. The summed E-state index contributed by atoms with van der Waals surface area (Å²) >= 11 is 0. The fourth-order valence-corrected chi connectivity index (χ4v) is 2.07. The minimum atomic E-state index is -0.806. The summed E-state index contributed by atoms with van der Waals surface area (Å²) in [5, 5.41) is 14.4. The van der Waals surface area contributed by atoms with Gasteiger partial charge in [-0.1, -0.05) is 30.3 Å². The maximum Gasteiger partial charge on any atom is 0.117 e. The molecule has 2 unspecified atom stereocenters. The van der Waals surface area contributed by atoms with Crippen molar-refractivity contribution in [3.63, 3.8) is 0 Å². The van der Waals surface area contributed by atoms with E-state index in [1.54, 1.807) is 6.26 Å². The minimum absolute atomic E-state index is 0.132. The molecule has 0 fully saturated rings. The first-order chi connectivity index (χ1) is 9.18. The van der Waals surface area contributed by atoms with Crippen LogP contribution in [0.2, 0.25) is 0 Å². The standard InChI is InChI=1S/C13H18N4OS/c1-10(19(2)18)8-14-9-12-13(16-17-15-12)11-6-4-3-5-7-11/h3-7,10,14H,8-9H2,1-2H3,(H,15,16,17). The number of rotatable bonds is 6. The molecule has 1 aromatic heterocycles. The molecule has 1 heterocycles. The predicted octanol–water partition coefficient (Wildman–Crippen LogP) is 1.33. The number of H-pyrrole nitrogens is 1. The zero-order chi connectivity index (χ0) is 13.7. The van der Waals surface area contributed by atoms with Crippen LogP contribution < -0.4 is 5.32 Å². The Balaban J connectivity index is 1.99. The average Bonchev–Trinajstić information content (AvgIpc) is 2.88. The average molecular weight is 278 g/mol. The Labute approximate surface area is 115 Å². The number of benzene rings is 1. The Hall–Kier alpha value is -1.53. The number of nitrogens with zero attached hydrogens (tertiary/aromatic N) is 2. The highest BCUT2D eigenvalue weighted by atomic mass is 32.2. The number of aromatic amines is 1. The molecule has 2 aromatic rings. The quantitative estimate of drug-likeness (QED) is 0.836. The van der Waals surface area contributed by atoms with Crippen molar-refractivity contribution in [1.82, 2.24) is 20.7 Å². The molecule has 5 nitrogen and oxygen atoms in total. The smallest absolute Gasteiger partial charge is 0.117 e. The summed E-state index contributed by atoms with van der Waals surface area (Å²) in [5.41, 5.74) is 2.78. The lowest BCUT2D eigenvalue weighted by atomic mass is 10.1. The van der Waals surface area contributed by atoms with Crippen LogP contribution >= 0.6 is 0 Å². The molecule has 0 spiro atoms. The van der Waals surface area contributed by atoms with Gasteiger partial charge in [0.25, 0.3) is 0 Å². The van der Waals surface area contributed by atoms with Gasteiger partial charge in [0.15, 0.2) is 0 Å². The minimum Gasteiger partial charge on any atom is -0.310 e. The van der Waals surface area contributed by atoms with Gasteiger partial charge in [-0.15, -0.1) is 0 Å². The lowest BCUT2D eigenvalue weighted by Gasteiger charge is -2.09. The van der Waals surface area contributed by atoms with Gasteiger partial charge in [0.1, 0.15) is 11.4 Å². The lowest BCUT2D eigenvalue weighted by Crippen LogP contribution is -2.27. The van der Waals surface area contributed by atoms with E-state index in [9.17, 15) is 4.21 Å². The van der Waals surface area contributed by atoms with Gasteiger partial charge in [-0.05, 0) is 6.92 Å². The predicted molar refractivity (Wildman–Crippen MR) is 77.1 cm³/mol. The SMILES string of the molecule is CC(CNCc1n[nH]nc1-c1ccccc1)S(C)=O. The normalized spacial score (nSPS) is 14.2. The molecular weight excluding hydrogens is 260 g/mol. The Kier molecular flexibility index (Phi) is 4.81. The van der Waals surface area contributed by atoms with Crippen molar-refractivity contribution in [2.45, 2.75) is 18.7 Å². The highest BCUT2D eigenvalue weighted by molar-refractivity contribution is 7.84. The van der Waals surface area contributed by atoms with Crippen LogP contribution in [-0.2, 0) is 17.3 Å². The molecular formula is C13H18N4OS. The second-order valence-corrected chi connectivity index (χ2v) is 6.23. The van der Waals surface area contributed by atoms with Crippen LogP contribution in [0.25, 0.3) is 11.3 Å². The molecule has 2 rings (SSSR count). The third-order valence-electron chi connectivity index (χ3n) is 2.96. The van der Waals surface area contributed by atoms with Crippen LogP contribution in [0.4, 0.5) is 0 Å². The third-order valence-corrected chi connectivity index (χ3v) is 4.26. The summed E-state index contributed by atoms with van der Waals surface area (Å²) in [5.74, 6) is 0. The summed E-state index contributed by atoms with van der Waals surface area (Å²) in [7, 11) is -0.806. The fourth-order valence-electron chi connectivity index (χ4n) is 1.71. The highest BCUT2D eigenvalue weighted by Crippen LogP contribution is 2.18. The Bertz CT molecular complexity index is 541. The van der Waals surface area contributed by atoms with Gasteiger partial charge in [-0.2, -0.15) is 15.4 Å². The topological polar surface area (TPSA) is 70.7 Å². The largest absolute Gasteiger partial charge is 0.310 e. The van der Waals surface area contributed by atoms with Crippen molar-refractivity contribution in [2.24, 2.45) is 0 Å². The molecule has 0 amide bonds. The van der Waals surface area contributed by atoms with E-state index >= 15 is 0 Å². The molecule has 0 saturated carbocycles. The van der Waals surface area contributed by atoms with Crippen molar-refractivity contribution >= 4 is 10.8 Å². The van der Waals surface area contributed by atoms with E-state index in [0.717, 1.165) is 17.0 Å². The molecule has 0 bridgehead atoms. The summed E-state index contributed by atoms with van der Waals surface area (Å²) < 4.78 is 11.3. The van der Waals surface area contributed by atoms with Gasteiger partial charge >= 0.3 is 0 Å². The molecule has 102 valence electrons. The molecule has 0 aliphatic carbocycles. The van der Waals surface area contributed by atoms with Crippen molar-refractivity contribution in [3.8, 4) is 11.3 Å². The van der Waals surface area contributed by atoms with E-state index in [1.807, 2.05) is 37.3 Å². The first-order valence-corrected chi connectivity index (χ1v) is 7.78. The molecule has 1 aromatic carbocycles. The Morgan fingerprint density at radius 2 is 2.05 bits per heavy atom. The molecule has 0 saturated heterocycles. The summed E-state index contributed by atoms with van der Waals surface area (Å²) in [6.45, 7) is 3.27. The van der Waals surface area contributed by atoms with Gasteiger partial charge in [0.2, 0.25) is 0 Å². The molecule has 2 N–H and O–H groups in total. The summed E-state index contributed by atoms with van der Waals surface area (Å²) in [4.78, 5) is 0. The fraction of sp³-hybridized carbons (Fsp3) is 0.385. The number of hydrogen-bond donors (Lipinski definition) is 2. The molecule has 0 aliphatic heterocycles. The molecule has 0 radical (unpaired) electrons. The van der Waals surface area contributed by atoms with E-state index in [1.165, 1.54) is 0 Å². The van der Waals surface area contributed by atoms with E-state index in [0.29, 0.717) is 13.1 Å². The van der Waals surface area contributed by atoms with Crippen LogP contribution in [0.3, 0.4) is 0 Å². The summed E-state index contributed by atoms with van der Waals surface area (Å²) in [6.07, 6.45) is 1.72. The van der Waals surface area contributed by atoms with Crippen LogP contribution in [0.15, 0.2) is 30.3 Å².